The SMILES string of the molecule is CCCn1nnc(CO)c1/C=C/c1ccccc1. The van der Waals surface area contributed by atoms with Gasteiger partial charge in [0.05, 0.1) is 12.3 Å². The van der Waals surface area contributed by atoms with E-state index in [9.17, 15) is 5.11 Å². The van der Waals surface area contributed by atoms with Crippen molar-refractivity contribution in [1.29, 1.82) is 0 Å². The highest BCUT2D eigenvalue weighted by molar-refractivity contribution is 5.68. The summed E-state index contributed by atoms with van der Waals surface area (Å²) in [5.41, 5.74) is 2.62. The highest BCUT2D eigenvalue weighted by atomic mass is 16.3. The van der Waals surface area contributed by atoms with Crippen LogP contribution in [0.2, 0.25) is 0 Å². The lowest BCUT2D eigenvalue weighted by Gasteiger charge is -2.01. The van der Waals surface area contributed by atoms with E-state index in [1.54, 1.807) is 0 Å². The van der Waals surface area contributed by atoms with E-state index in [0.717, 1.165) is 24.2 Å². The molecule has 4 heteroatoms. The quantitative estimate of drug-likeness (QED) is 0.877. The number of hydrogen-bond donors (Lipinski definition) is 1. The van der Waals surface area contributed by atoms with Crippen LogP contribution >= 0.6 is 0 Å². The van der Waals surface area contributed by atoms with E-state index < -0.39 is 0 Å². The second-order valence-electron chi connectivity index (χ2n) is 4.05. The Hall–Kier alpha value is -1.94. The number of nitrogens with zero attached hydrogens (tertiary/aromatic N) is 3. The molecular weight excluding hydrogens is 226 g/mol. The van der Waals surface area contributed by atoms with Crippen molar-refractivity contribution in [2.75, 3.05) is 0 Å². The summed E-state index contributed by atoms with van der Waals surface area (Å²) in [4.78, 5) is 0. The van der Waals surface area contributed by atoms with E-state index in [-0.39, 0.29) is 6.61 Å². The molecule has 0 fully saturated rings. The Bertz CT molecular complexity index is 517. The minimum atomic E-state index is -0.0851. The summed E-state index contributed by atoms with van der Waals surface area (Å²) in [7, 11) is 0. The van der Waals surface area contributed by atoms with Crippen LogP contribution in [-0.4, -0.2) is 20.1 Å². The van der Waals surface area contributed by atoms with E-state index in [2.05, 4.69) is 17.2 Å². The maximum atomic E-state index is 9.25. The van der Waals surface area contributed by atoms with Crippen LogP contribution in [0.3, 0.4) is 0 Å². The van der Waals surface area contributed by atoms with Crippen LogP contribution < -0.4 is 0 Å². The van der Waals surface area contributed by atoms with Crippen molar-refractivity contribution < 1.29 is 5.11 Å². The topological polar surface area (TPSA) is 50.9 Å². The Morgan fingerprint density at radius 1 is 1.22 bits per heavy atom. The fourth-order valence-corrected chi connectivity index (χ4v) is 1.77. The molecule has 2 rings (SSSR count). The van der Waals surface area contributed by atoms with Gasteiger partial charge in [-0.1, -0.05) is 48.5 Å². The van der Waals surface area contributed by atoms with Crippen LogP contribution in [0.1, 0.15) is 30.3 Å². The van der Waals surface area contributed by atoms with Crippen molar-refractivity contribution in [3.63, 3.8) is 0 Å². The molecule has 2 aromatic rings. The van der Waals surface area contributed by atoms with Gasteiger partial charge in [0.25, 0.3) is 0 Å². The van der Waals surface area contributed by atoms with E-state index in [4.69, 9.17) is 0 Å². The molecule has 1 N–H and O–H groups in total. The fourth-order valence-electron chi connectivity index (χ4n) is 1.77. The summed E-state index contributed by atoms with van der Waals surface area (Å²) < 4.78 is 1.82. The predicted octanol–water partition coefficient (Wildman–Crippen LogP) is 2.35. The lowest BCUT2D eigenvalue weighted by atomic mass is 10.2. The highest BCUT2D eigenvalue weighted by Crippen LogP contribution is 2.12. The van der Waals surface area contributed by atoms with E-state index in [1.807, 2.05) is 47.2 Å². The Balaban J connectivity index is 2.27. The van der Waals surface area contributed by atoms with Gasteiger partial charge in [-0.2, -0.15) is 0 Å². The van der Waals surface area contributed by atoms with Crippen LogP contribution in [0, 0.1) is 0 Å². The average molecular weight is 243 g/mol. The van der Waals surface area contributed by atoms with Crippen molar-refractivity contribution in [2.24, 2.45) is 0 Å². The van der Waals surface area contributed by atoms with Gasteiger partial charge >= 0.3 is 0 Å². The number of benzene rings is 1. The molecule has 18 heavy (non-hydrogen) atoms. The Morgan fingerprint density at radius 2 is 2.00 bits per heavy atom. The maximum Gasteiger partial charge on any atom is 0.115 e. The summed E-state index contributed by atoms with van der Waals surface area (Å²) >= 11 is 0. The largest absolute Gasteiger partial charge is 0.390 e. The van der Waals surface area contributed by atoms with Crippen molar-refractivity contribution in [3.05, 3.63) is 47.3 Å². The van der Waals surface area contributed by atoms with Crippen LogP contribution in [-0.2, 0) is 13.2 Å². The van der Waals surface area contributed by atoms with Crippen molar-refractivity contribution in [1.82, 2.24) is 15.0 Å². The van der Waals surface area contributed by atoms with Gasteiger partial charge in [-0.25, -0.2) is 4.68 Å². The number of aromatic nitrogens is 3. The highest BCUT2D eigenvalue weighted by Gasteiger charge is 2.08. The molecule has 0 radical (unpaired) electrons. The molecule has 0 amide bonds. The summed E-state index contributed by atoms with van der Waals surface area (Å²) in [6.07, 6.45) is 4.95. The smallest absolute Gasteiger partial charge is 0.115 e. The van der Waals surface area contributed by atoms with Gasteiger partial charge in [-0.05, 0) is 18.1 Å². The first-order valence-electron chi connectivity index (χ1n) is 6.11. The third kappa shape index (κ3) is 2.84. The molecule has 1 aromatic carbocycles. The molecule has 0 saturated carbocycles. The summed E-state index contributed by atoms with van der Waals surface area (Å²) in [5.74, 6) is 0. The van der Waals surface area contributed by atoms with Gasteiger partial charge in [0, 0.05) is 6.54 Å². The Kier molecular flexibility index (Phi) is 4.25. The standard InChI is InChI=1S/C14H17N3O/c1-2-10-17-14(13(11-18)15-16-17)9-8-12-6-4-3-5-7-12/h3-9,18H,2,10-11H2,1H3/b9-8+. The molecule has 0 aliphatic heterocycles. The molecule has 1 heterocycles. The van der Waals surface area contributed by atoms with E-state index >= 15 is 0 Å². The predicted molar refractivity (Wildman–Crippen MR) is 71.6 cm³/mol. The zero-order chi connectivity index (χ0) is 12.8. The molecular formula is C14H17N3O. The summed E-state index contributed by atoms with van der Waals surface area (Å²) in [6, 6.07) is 10.0. The Labute approximate surface area is 107 Å². The van der Waals surface area contributed by atoms with Crippen LogP contribution in [0.25, 0.3) is 12.2 Å². The van der Waals surface area contributed by atoms with Crippen LogP contribution in [0.15, 0.2) is 30.3 Å². The molecule has 4 nitrogen and oxygen atoms in total. The van der Waals surface area contributed by atoms with Gasteiger partial charge in [-0.15, -0.1) is 5.10 Å². The van der Waals surface area contributed by atoms with Gasteiger partial charge in [-0.3, -0.25) is 0 Å². The molecule has 0 spiro atoms. The van der Waals surface area contributed by atoms with Crippen LogP contribution in [0.4, 0.5) is 0 Å². The minimum Gasteiger partial charge on any atom is -0.390 e. The third-order valence-electron chi connectivity index (χ3n) is 2.67. The molecule has 94 valence electrons. The Morgan fingerprint density at radius 3 is 2.67 bits per heavy atom. The number of hydrogen-bond acceptors (Lipinski definition) is 3. The lowest BCUT2D eigenvalue weighted by Crippen LogP contribution is -2.02. The van der Waals surface area contributed by atoms with Gasteiger partial charge in [0.1, 0.15) is 5.69 Å². The minimum absolute atomic E-state index is 0.0851. The maximum absolute atomic E-state index is 9.25. The normalized spacial score (nSPS) is 11.2. The van der Waals surface area contributed by atoms with Crippen molar-refractivity contribution >= 4 is 12.2 Å². The van der Waals surface area contributed by atoms with Crippen molar-refractivity contribution in [2.45, 2.75) is 26.5 Å². The van der Waals surface area contributed by atoms with Gasteiger partial charge in [0.2, 0.25) is 0 Å². The van der Waals surface area contributed by atoms with Crippen molar-refractivity contribution in [3.8, 4) is 0 Å². The molecule has 0 unspecified atom stereocenters. The zero-order valence-corrected chi connectivity index (χ0v) is 10.5. The number of rotatable bonds is 5. The zero-order valence-electron chi connectivity index (χ0n) is 10.5. The molecule has 0 bridgehead atoms. The van der Waals surface area contributed by atoms with Gasteiger partial charge < -0.3 is 5.11 Å². The number of aliphatic hydroxyl groups is 1. The first-order valence-corrected chi connectivity index (χ1v) is 6.11. The fraction of sp³-hybridized carbons (Fsp3) is 0.286. The van der Waals surface area contributed by atoms with E-state index in [0.29, 0.717) is 5.69 Å². The van der Waals surface area contributed by atoms with Gasteiger partial charge in [0.15, 0.2) is 0 Å². The second kappa shape index (κ2) is 6.12. The average Bonchev–Trinajstić information content (AvgIpc) is 2.80. The molecule has 0 aliphatic rings. The number of aryl methyl sites for hydroxylation is 1. The third-order valence-corrected chi connectivity index (χ3v) is 2.67. The first kappa shape index (κ1) is 12.5. The molecule has 0 saturated heterocycles. The number of aliphatic hydroxyl groups excluding tert-OH is 1. The molecule has 0 aliphatic carbocycles. The second-order valence-corrected chi connectivity index (χ2v) is 4.05. The lowest BCUT2D eigenvalue weighted by molar-refractivity contribution is 0.276. The monoisotopic (exact) mass is 243 g/mol. The molecule has 0 atom stereocenters. The summed E-state index contributed by atoms with van der Waals surface area (Å²) in [5, 5.41) is 17.3. The molecule has 1 aromatic heterocycles. The summed E-state index contributed by atoms with van der Waals surface area (Å²) in [6.45, 7) is 2.81. The van der Waals surface area contributed by atoms with E-state index in [1.165, 1.54) is 0 Å². The van der Waals surface area contributed by atoms with Crippen LogP contribution in [0.5, 0.6) is 0 Å². The first-order chi connectivity index (χ1) is 8.85.